The van der Waals surface area contributed by atoms with Gasteiger partial charge < -0.3 is 9.64 Å². The van der Waals surface area contributed by atoms with E-state index in [1.165, 1.54) is 11.3 Å². The predicted octanol–water partition coefficient (Wildman–Crippen LogP) is 4.83. The fourth-order valence-corrected chi connectivity index (χ4v) is 4.11. The quantitative estimate of drug-likeness (QED) is 0.488. The largest absolute Gasteiger partial charge is 0.493 e. The second-order valence-electron chi connectivity index (χ2n) is 6.87. The van der Waals surface area contributed by atoms with E-state index in [1.54, 1.807) is 30.3 Å². The van der Waals surface area contributed by atoms with Crippen LogP contribution in [0.2, 0.25) is 0 Å². The molecule has 0 radical (unpaired) electrons. The highest BCUT2D eigenvalue weighted by Crippen LogP contribution is 2.34. The molecule has 0 aliphatic carbocycles. The summed E-state index contributed by atoms with van der Waals surface area (Å²) < 4.78 is 5.81. The van der Waals surface area contributed by atoms with Crippen LogP contribution in [0.3, 0.4) is 0 Å². The number of hydrogen-bond acceptors (Lipinski definition) is 5. The van der Waals surface area contributed by atoms with Crippen molar-refractivity contribution in [3.63, 3.8) is 0 Å². The SMILES string of the molecule is CCOc1cc(C(=O)N(C)Cc2cccc3cn[nH]c23)ccc1-c1csc(C#N)c1. The van der Waals surface area contributed by atoms with Crippen molar-refractivity contribution in [2.45, 2.75) is 13.5 Å². The van der Waals surface area contributed by atoms with Crippen molar-refractivity contribution in [3.05, 3.63) is 70.0 Å². The maximum absolute atomic E-state index is 13.1. The summed E-state index contributed by atoms with van der Waals surface area (Å²) in [6.45, 7) is 2.85. The summed E-state index contributed by atoms with van der Waals surface area (Å²) in [7, 11) is 1.78. The fourth-order valence-electron chi connectivity index (χ4n) is 3.41. The van der Waals surface area contributed by atoms with Gasteiger partial charge in [0.1, 0.15) is 16.7 Å². The predicted molar refractivity (Wildman–Crippen MR) is 118 cm³/mol. The van der Waals surface area contributed by atoms with Gasteiger partial charge in [0.05, 0.1) is 18.3 Å². The minimum absolute atomic E-state index is 0.0953. The molecule has 1 amide bonds. The lowest BCUT2D eigenvalue weighted by Gasteiger charge is -2.19. The lowest BCUT2D eigenvalue weighted by atomic mass is 10.0. The molecule has 2 aromatic carbocycles. The highest BCUT2D eigenvalue weighted by atomic mass is 32.1. The number of rotatable bonds is 6. The molecule has 150 valence electrons. The number of amides is 1. The van der Waals surface area contributed by atoms with Crippen LogP contribution >= 0.6 is 11.3 Å². The first-order valence-corrected chi connectivity index (χ1v) is 10.4. The number of aromatic amines is 1. The molecule has 0 atom stereocenters. The molecule has 1 N–H and O–H groups in total. The zero-order chi connectivity index (χ0) is 21.1. The van der Waals surface area contributed by atoms with Crippen LogP contribution in [-0.4, -0.2) is 34.7 Å². The molecule has 4 aromatic rings. The molecule has 0 aliphatic heterocycles. The average Bonchev–Trinajstić information content (AvgIpc) is 3.43. The first-order chi connectivity index (χ1) is 14.6. The highest BCUT2D eigenvalue weighted by molar-refractivity contribution is 7.10. The Hall–Kier alpha value is -3.63. The summed E-state index contributed by atoms with van der Waals surface area (Å²) in [5.74, 6) is 0.539. The highest BCUT2D eigenvalue weighted by Gasteiger charge is 2.17. The van der Waals surface area contributed by atoms with Gasteiger partial charge >= 0.3 is 0 Å². The Morgan fingerprint density at radius 3 is 2.93 bits per heavy atom. The topological polar surface area (TPSA) is 82.0 Å². The van der Waals surface area contributed by atoms with Crippen LogP contribution in [0.15, 0.2) is 54.0 Å². The van der Waals surface area contributed by atoms with Crippen molar-refractivity contribution < 1.29 is 9.53 Å². The van der Waals surface area contributed by atoms with Crippen LogP contribution in [0.4, 0.5) is 0 Å². The van der Waals surface area contributed by atoms with Gasteiger partial charge in [-0.15, -0.1) is 11.3 Å². The monoisotopic (exact) mass is 416 g/mol. The van der Waals surface area contributed by atoms with Gasteiger partial charge in [-0.3, -0.25) is 9.89 Å². The van der Waals surface area contributed by atoms with E-state index >= 15 is 0 Å². The molecular weight excluding hydrogens is 396 g/mol. The van der Waals surface area contributed by atoms with Crippen molar-refractivity contribution in [3.8, 4) is 22.9 Å². The second kappa shape index (κ2) is 8.39. The van der Waals surface area contributed by atoms with E-state index < -0.39 is 0 Å². The summed E-state index contributed by atoms with van der Waals surface area (Å²) >= 11 is 1.39. The number of benzene rings is 2. The minimum atomic E-state index is -0.0953. The average molecular weight is 417 g/mol. The molecule has 0 bridgehead atoms. The number of nitriles is 1. The number of carbonyl (C=O) groups excluding carboxylic acids is 1. The van der Waals surface area contributed by atoms with E-state index in [0.717, 1.165) is 27.6 Å². The maximum atomic E-state index is 13.1. The summed E-state index contributed by atoms with van der Waals surface area (Å²) in [5.41, 5.74) is 4.28. The van der Waals surface area contributed by atoms with E-state index in [2.05, 4.69) is 16.3 Å². The third kappa shape index (κ3) is 3.78. The van der Waals surface area contributed by atoms with Gasteiger partial charge in [0.15, 0.2) is 0 Å². The van der Waals surface area contributed by atoms with Crippen molar-refractivity contribution >= 4 is 28.1 Å². The van der Waals surface area contributed by atoms with Crippen LogP contribution < -0.4 is 4.74 Å². The lowest BCUT2D eigenvalue weighted by Crippen LogP contribution is -2.26. The molecule has 0 saturated carbocycles. The maximum Gasteiger partial charge on any atom is 0.254 e. The number of carbonyl (C=O) groups is 1. The van der Waals surface area contributed by atoms with Crippen LogP contribution in [0.5, 0.6) is 5.75 Å². The molecular formula is C23H20N4O2S. The third-order valence-corrected chi connectivity index (χ3v) is 5.70. The van der Waals surface area contributed by atoms with Gasteiger partial charge in [-0.2, -0.15) is 10.4 Å². The van der Waals surface area contributed by atoms with Crippen molar-refractivity contribution in [1.82, 2.24) is 15.1 Å². The van der Waals surface area contributed by atoms with Crippen molar-refractivity contribution in [2.24, 2.45) is 0 Å². The summed E-state index contributed by atoms with van der Waals surface area (Å²) in [4.78, 5) is 15.4. The number of H-pyrrole nitrogens is 1. The minimum Gasteiger partial charge on any atom is -0.493 e. The normalized spacial score (nSPS) is 10.7. The second-order valence-corrected chi connectivity index (χ2v) is 7.78. The Balaban J connectivity index is 1.61. The van der Waals surface area contributed by atoms with Gasteiger partial charge in [-0.25, -0.2) is 0 Å². The first-order valence-electron chi connectivity index (χ1n) is 9.53. The van der Waals surface area contributed by atoms with Gasteiger partial charge in [0.2, 0.25) is 0 Å². The molecule has 2 aromatic heterocycles. The Kier molecular flexibility index (Phi) is 5.50. The summed E-state index contributed by atoms with van der Waals surface area (Å²) in [5, 5.41) is 19.1. The number of nitrogens with zero attached hydrogens (tertiary/aromatic N) is 3. The van der Waals surface area contributed by atoms with Gasteiger partial charge in [0.25, 0.3) is 5.91 Å². The Morgan fingerprint density at radius 1 is 1.30 bits per heavy atom. The van der Waals surface area contributed by atoms with E-state index in [4.69, 9.17) is 10.00 Å². The number of ether oxygens (including phenoxy) is 1. The van der Waals surface area contributed by atoms with Gasteiger partial charge in [0, 0.05) is 35.5 Å². The number of aromatic nitrogens is 2. The lowest BCUT2D eigenvalue weighted by molar-refractivity contribution is 0.0785. The van der Waals surface area contributed by atoms with E-state index in [1.807, 2.05) is 42.6 Å². The third-order valence-electron chi connectivity index (χ3n) is 4.87. The molecule has 30 heavy (non-hydrogen) atoms. The van der Waals surface area contributed by atoms with Gasteiger partial charge in [-0.1, -0.05) is 18.2 Å². The summed E-state index contributed by atoms with van der Waals surface area (Å²) in [6, 6.07) is 15.4. The zero-order valence-electron chi connectivity index (χ0n) is 16.7. The molecule has 0 fully saturated rings. The Labute approximate surface area is 178 Å². The molecule has 4 rings (SSSR count). The van der Waals surface area contributed by atoms with Crippen molar-refractivity contribution in [2.75, 3.05) is 13.7 Å². The standard InChI is InChI=1S/C23H20N4O2S/c1-3-29-21-10-15(7-8-20(21)18-9-19(11-24)30-14-18)23(28)27(2)13-17-6-4-5-16-12-25-26-22(16)17/h4-10,12,14H,3,13H2,1-2H3,(H,25,26). The molecule has 0 unspecified atom stereocenters. The van der Waals surface area contributed by atoms with E-state index in [0.29, 0.717) is 29.3 Å². The van der Waals surface area contributed by atoms with Crippen LogP contribution in [0.1, 0.15) is 27.7 Å². The fraction of sp³-hybridized carbons (Fsp3) is 0.174. The molecule has 0 spiro atoms. The first kappa shape index (κ1) is 19.7. The Morgan fingerprint density at radius 2 is 2.17 bits per heavy atom. The van der Waals surface area contributed by atoms with Crippen LogP contribution in [0.25, 0.3) is 22.0 Å². The zero-order valence-corrected chi connectivity index (χ0v) is 17.5. The van der Waals surface area contributed by atoms with E-state index in [-0.39, 0.29) is 5.91 Å². The Bertz CT molecular complexity index is 1250. The number of hydrogen-bond donors (Lipinski definition) is 1. The number of fused-ring (bicyclic) bond motifs is 1. The molecule has 6 nitrogen and oxygen atoms in total. The molecule has 0 saturated heterocycles. The smallest absolute Gasteiger partial charge is 0.254 e. The van der Waals surface area contributed by atoms with Crippen LogP contribution in [0, 0.1) is 11.3 Å². The molecule has 2 heterocycles. The van der Waals surface area contributed by atoms with Crippen LogP contribution in [-0.2, 0) is 6.54 Å². The van der Waals surface area contributed by atoms with Crippen molar-refractivity contribution in [1.29, 1.82) is 5.26 Å². The molecule has 7 heteroatoms. The summed E-state index contributed by atoms with van der Waals surface area (Å²) in [6.07, 6.45) is 1.77. The van der Waals surface area contributed by atoms with E-state index in [9.17, 15) is 4.79 Å². The number of para-hydroxylation sites is 1. The number of thiophene rings is 1. The van der Waals surface area contributed by atoms with Gasteiger partial charge in [-0.05, 0) is 42.3 Å². The molecule has 0 aliphatic rings. The number of nitrogens with one attached hydrogen (secondary N) is 1.